The van der Waals surface area contributed by atoms with Gasteiger partial charge in [0.15, 0.2) is 0 Å². The first-order valence-corrected chi connectivity index (χ1v) is 11.1. The number of hydrogen-bond donors (Lipinski definition) is 2. The van der Waals surface area contributed by atoms with Crippen molar-refractivity contribution in [3.8, 4) is 0 Å². The zero-order valence-corrected chi connectivity index (χ0v) is 17.4. The highest BCUT2D eigenvalue weighted by Crippen LogP contribution is 2.27. The van der Waals surface area contributed by atoms with Gasteiger partial charge in [-0.25, -0.2) is 4.98 Å². The van der Waals surface area contributed by atoms with Crippen LogP contribution >= 0.6 is 0 Å². The highest BCUT2D eigenvalue weighted by molar-refractivity contribution is 5.75. The van der Waals surface area contributed by atoms with Crippen molar-refractivity contribution in [2.24, 2.45) is 0 Å². The average Bonchev–Trinajstić information content (AvgIpc) is 3.22. The fraction of sp³-hybridized carbons (Fsp3) is 0.500. The second-order valence-corrected chi connectivity index (χ2v) is 8.23. The molecule has 2 aromatic rings. The van der Waals surface area contributed by atoms with E-state index in [1.165, 1.54) is 12.0 Å². The summed E-state index contributed by atoms with van der Waals surface area (Å²) in [5.41, 5.74) is 3.30. The van der Waals surface area contributed by atoms with Gasteiger partial charge in [-0.3, -0.25) is 9.69 Å². The van der Waals surface area contributed by atoms with E-state index in [2.05, 4.69) is 17.4 Å². The summed E-state index contributed by atoms with van der Waals surface area (Å²) in [5, 5.41) is 13.1. The van der Waals surface area contributed by atoms with E-state index in [1.807, 2.05) is 35.2 Å². The quantitative estimate of drug-likeness (QED) is 0.616. The summed E-state index contributed by atoms with van der Waals surface area (Å²) in [6.07, 6.45) is 6.30. The standard InChI is InChI=1S/C24H31N3O3/c28-24(29)22(18-7-2-1-3-8-18)27-15-13-21(17-27)30-16-5-4-10-20-12-11-19-9-6-14-25-23(19)26-20/h1-3,7-8,11-12,21-22H,4-6,9-10,13-17H2,(H,25,26)(H,28,29)/t21-,22-/m1/s1. The van der Waals surface area contributed by atoms with Crippen molar-refractivity contribution >= 4 is 11.8 Å². The molecule has 6 heteroatoms. The topological polar surface area (TPSA) is 74.7 Å². The van der Waals surface area contributed by atoms with E-state index in [0.717, 1.165) is 62.3 Å². The molecule has 0 amide bonds. The number of rotatable bonds is 9. The van der Waals surface area contributed by atoms with Gasteiger partial charge in [0, 0.05) is 31.9 Å². The van der Waals surface area contributed by atoms with E-state index in [-0.39, 0.29) is 6.10 Å². The molecule has 0 unspecified atom stereocenters. The van der Waals surface area contributed by atoms with Crippen molar-refractivity contribution in [2.45, 2.75) is 50.7 Å². The molecular formula is C24H31N3O3. The Hall–Kier alpha value is -2.44. The van der Waals surface area contributed by atoms with Crippen molar-refractivity contribution in [3.05, 3.63) is 59.3 Å². The van der Waals surface area contributed by atoms with Crippen LogP contribution in [0.25, 0.3) is 0 Å². The number of likely N-dealkylation sites (tertiary alicyclic amines) is 1. The maximum atomic E-state index is 11.8. The van der Waals surface area contributed by atoms with Crippen LogP contribution in [0.3, 0.4) is 0 Å². The van der Waals surface area contributed by atoms with E-state index in [9.17, 15) is 9.90 Å². The molecule has 0 spiro atoms. The smallest absolute Gasteiger partial charge is 0.325 e. The Balaban J connectivity index is 1.19. The Morgan fingerprint density at radius 3 is 2.93 bits per heavy atom. The fourth-order valence-corrected chi connectivity index (χ4v) is 4.44. The summed E-state index contributed by atoms with van der Waals surface area (Å²) >= 11 is 0. The Labute approximate surface area is 178 Å². The van der Waals surface area contributed by atoms with Crippen LogP contribution in [-0.2, 0) is 22.4 Å². The predicted octanol–water partition coefficient (Wildman–Crippen LogP) is 3.68. The Morgan fingerprint density at radius 2 is 2.10 bits per heavy atom. The summed E-state index contributed by atoms with van der Waals surface area (Å²) in [6, 6.07) is 13.2. The summed E-state index contributed by atoms with van der Waals surface area (Å²) in [5.74, 6) is 0.265. The van der Waals surface area contributed by atoms with Crippen LogP contribution in [0.4, 0.5) is 5.82 Å². The molecule has 2 atom stereocenters. The van der Waals surface area contributed by atoms with Gasteiger partial charge < -0.3 is 15.2 Å². The van der Waals surface area contributed by atoms with Gasteiger partial charge in [-0.2, -0.15) is 0 Å². The number of carboxylic acid groups (broad SMARTS) is 1. The summed E-state index contributed by atoms with van der Waals surface area (Å²) in [4.78, 5) is 18.6. The first-order valence-electron chi connectivity index (χ1n) is 11.1. The number of carboxylic acids is 1. The van der Waals surface area contributed by atoms with Gasteiger partial charge in [-0.15, -0.1) is 0 Å². The SMILES string of the molecule is O=C(O)[C@@H](c1ccccc1)N1CC[C@@H](OCCCCc2ccc3c(n2)NCCC3)C1. The van der Waals surface area contributed by atoms with Crippen molar-refractivity contribution < 1.29 is 14.6 Å². The number of aromatic nitrogens is 1. The summed E-state index contributed by atoms with van der Waals surface area (Å²) in [7, 11) is 0. The lowest BCUT2D eigenvalue weighted by Crippen LogP contribution is -2.33. The summed E-state index contributed by atoms with van der Waals surface area (Å²) < 4.78 is 6.06. The third-order valence-electron chi connectivity index (χ3n) is 6.02. The van der Waals surface area contributed by atoms with Crippen LogP contribution in [0.15, 0.2) is 42.5 Å². The van der Waals surface area contributed by atoms with Gasteiger partial charge in [-0.05, 0) is 55.7 Å². The number of unbranched alkanes of at least 4 members (excludes halogenated alkanes) is 1. The zero-order valence-electron chi connectivity index (χ0n) is 17.4. The van der Waals surface area contributed by atoms with Gasteiger partial charge >= 0.3 is 5.97 Å². The third kappa shape index (κ3) is 5.18. The van der Waals surface area contributed by atoms with Crippen molar-refractivity contribution in [3.63, 3.8) is 0 Å². The lowest BCUT2D eigenvalue weighted by molar-refractivity contribution is -0.143. The molecule has 2 aliphatic heterocycles. The molecule has 0 aliphatic carbocycles. The minimum atomic E-state index is -0.797. The number of hydrogen-bond acceptors (Lipinski definition) is 5. The van der Waals surface area contributed by atoms with Gasteiger partial charge in [-0.1, -0.05) is 36.4 Å². The molecule has 0 radical (unpaired) electrons. The molecule has 4 rings (SSSR count). The molecular weight excluding hydrogens is 378 g/mol. The number of ether oxygens (including phenoxy) is 1. The second kappa shape index (κ2) is 10.0. The van der Waals surface area contributed by atoms with Crippen molar-refractivity contribution in [1.29, 1.82) is 0 Å². The molecule has 2 aliphatic rings. The van der Waals surface area contributed by atoms with Crippen LogP contribution < -0.4 is 5.32 Å². The Bertz CT molecular complexity index is 843. The Morgan fingerprint density at radius 1 is 1.23 bits per heavy atom. The molecule has 30 heavy (non-hydrogen) atoms. The van der Waals surface area contributed by atoms with Gasteiger partial charge in [0.1, 0.15) is 11.9 Å². The average molecular weight is 410 g/mol. The summed E-state index contributed by atoms with van der Waals surface area (Å²) in [6.45, 7) is 3.15. The maximum Gasteiger partial charge on any atom is 0.325 e. The van der Waals surface area contributed by atoms with E-state index in [1.54, 1.807) is 0 Å². The van der Waals surface area contributed by atoms with Crippen molar-refractivity contribution in [1.82, 2.24) is 9.88 Å². The predicted molar refractivity (Wildman–Crippen MR) is 117 cm³/mol. The largest absolute Gasteiger partial charge is 0.480 e. The zero-order chi connectivity index (χ0) is 20.8. The number of aliphatic carboxylic acids is 1. The number of fused-ring (bicyclic) bond motifs is 1. The lowest BCUT2D eigenvalue weighted by Gasteiger charge is -2.24. The molecule has 0 bridgehead atoms. The van der Waals surface area contributed by atoms with E-state index in [0.29, 0.717) is 13.2 Å². The second-order valence-electron chi connectivity index (χ2n) is 8.23. The molecule has 1 aromatic carbocycles. The minimum Gasteiger partial charge on any atom is -0.480 e. The maximum absolute atomic E-state index is 11.8. The van der Waals surface area contributed by atoms with Crippen LogP contribution in [0.2, 0.25) is 0 Å². The minimum absolute atomic E-state index is 0.113. The molecule has 1 saturated heterocycles. The number of carbonyl (C=O) groups is 1. The van der Waals surface area contributed by atoms with E-state index < -0.39 is 12.0 Å². The number of pyridine rings is 1. The van der Waals surface area contributed by atoms with E-state index in [4.69, 9.17) is 9.72 Å². The molecule has 0 saturated carbocycles. The Kier molecular flexibility index (Phi) is 6.97. The number of aryl methyl sites for hydroxylation is 2. The third-order valence-corrected chi connectivity index (χ3v) is 6.02. The fourth-order valence-electron chi connectivity index (χ4n) is 4.44. The molecule has 160 valence electrons. The van der Waals surface area contributed by atoms with Crippen LogP contribution in [-0.4, -0.2) is 53.3 Å². The van der Waals surface area contributed by atoms with Crippen LogP contribution in [0.1, 0.15) is 48.5 Å². The number of nitrogens with zero attached hydrogens (tertiary/aromatic N) is 2. The van der Waals surface area contributed by atoms with Crippen LogP contribution in [0, 0.1) is 0 Å². The number of nitrogens with one attached hydrogen (secondary N) is 1. The molecule has 3 heterocycles. The molecule has 1 fully saturated rings. The highest BCUT2D eigenvalue weighted by atomic mass is 16.5. The number of benzene rings is 1. The lowest BCUT2D eigenvalue weighted by atomic mass is 10.1. The van der Waals surface area contributed by atoms with E-state index >= 15 is 0 Å². The van der Waals surface area contributed by atoms with Gasteiger partial charge in [0.25, 0.3) is 0 Å². The normalized spacial score (nSPS) is 19.8. The monoisotopic (exact) mass is 409 g/mol. The van der Waals surface area contributed by atoms with Gasteiger partial charge in [0.2, 0.25) is 0 Å². The molecule has 2 N–H and O–H groups in total. The highest BCUT2D eigenvalue weighted by Gasteiger charge is 2.33. The molecule has 6 nitrogen and oxygen atoms in total. The number of anilines is 1. The first-order chi connectivity index (χ1) is 14.7. The van der Waals surface area contributed by atoms with Gasteiger partial charge in [0.05, 0.1) is 6.10 Å². The van der Waals surface area contributed by atoms with Crippen molar-refractivity contribution in [2.75, 3.05) is 31.6 Å². The first kappa shape index (κ1) is 20.8. The van der Waals surface area contributed by atoms with Crippen LogP contribution in [0.5, 0.6) is 0 Å². The molecule has 1 aromatic heterocycles.